The van der Waals surface area contributed by atoms with Gasteiger partial charge in [-0.05, 0) is 71.1 Å². The lowest BCUT2D eigenvalue weighted by molar-refractivity contribution is -0.109. The van der Waals surface area contributed by atoms with Crippen molar-refractivity contribution < 1.29 is 4.79 Å². The van der Waals surface area contributed by atoms with Crippen LogP contribution in [0.5, 0.6) is 0 Å². The van der Waals surface area contributed by atoms with Crippen LogP contribution in [0.15, 0.2) is 108 Å². The van der Waals surface area contributed by atoms with Crippen LogP contribution in [-0.4, -0.2) is 21.4 Å². The maximum absolute atomic E-state index is 14.2. The van der Waals surface area contributed by atoms with Gasteiger partial charge >= 0.3 is 0 Å². The number of pyridine rings is 1. The van der Waals surface area contributed by atoms with E-state index in [1.54, 1.807) is 4.90 Å². The van der Waals surface area contributed by atoms with E-state index in [2.05, 4.69) is 12.1 Å². The van der Waals surface area contributed by atoms with Crippen molar-refractivity contribution in [3.05, 3.63) is 119 Å². The van der Waals surface area contributed by atoms with Crippen LogP contribution < -0.4 is 10.5 Å². The number of nitrogens with one attached hydrogen (secondary N) is 1. The molecule has 4 aromatic carbocycles. The van der Waals surface area contributed by atoms with Gasteiger partial charge in [0, 0.05) is 22.3 Å². The summed E-state index contributed by atoms with van der Waals surface area (Å²) in [6.45, 7) is 2.16. The second kappa shape index (κ2) is 9.22. The second-order valence-corrected chi connectivity index (χ2v) is 10.1. The summed E-state index contributed by atoms with van der Waals surface area (Å²) in [5, 5.41) is 9.78. The van der Waals surface area contributed by atoms with E-state index in [1.165, 1.54) is 0 Å². The van der Waals surface area contributed by atoms with Crippen molar-refractivity contribution in [2.24, 2.45) is 0 Å². The number of amidine groups is 1. The van der Waals surface area contributed by atoms with E-state index in [1.807, 2.05) is 102 Å². The van der Waals surface area contributed by atoms with Gasteiger partial charge in [0.05, 0.1) is 12.2 Å². The summed E-state index contributed by atoms with van der Waals surface area (Å²) in [6, 6.07) is 33.6. The lowest BCUT2D eigenvalue weighted by Gasteiger charge is -2.23. The summed E-state index contributed by atoms with van der Waals surface area (Å²) in [4.78, 5) is 27.9. The third kappa shape index (κ3) is 4.05. The van der Waals surface area contributed by atoms with Gasteiger partial charge < -0.3 is 4.90 Å². The smallest absolute Gasteiger partial charge is 0.263 e. The fourth-order valence-electron chi connectivity index (χ4n) is 4.94. The first-order valence-electron chi connectivity index (χ1n) is 12.0. The molecule has 6 rings (SSSR count). The van der Waals surface area contributed by atoms with Crippen LogP contribution in [0.25, 0.3) is 38.8 Å². The molecule has 1 aliphatic rings. The molecule has 180 valence electrons. The predicted molar refractivity (Wildman–Crippen MR) is 153 cm³/mol. The number of hydrogen-bond acceptors (Lipinski definition) is 4. The Labute approximate surface area is 218 Å². The second-order valence-electron chi connectivity index (χ2n) is 9.03. The Kier molecular flexibility index (Phi) is 5.74. The quantitative estimate of drug-likeness (QED) is 0.300. The number of aryl methyl sites for hydroxylation is 1. The lowest BCUT2D eigenvalue weighted by atomic mass is 9.92. The van der Waals surface area contributed by atoms with E-state index in [4.69, 9.17) is 5.41 Å². The SMILES string of the molecule is Cc1cccc(-n2c(-c3ccccc3)c(-c3ccccc3)c3cc(N4CC(=O)SC4=N)ccc3c2=O)c1. The number of benzene rings is 4. The molecule has 1 N–H and O–H groups in total. The van der Waals surface area contributed by atoms with Crippen LogP contribution >= 0.6 is 11.8 Å². The number of fused-ring (bicyclic) bond motifs is 1. The standard InChI is InChI=1S/C31H23N3O2S/c1-20-9-8-14-24(17-20)34-29(22-12-6-3-7-13-22)28(21-10-4-2-5-11-21)26-18-23(15-16-25(26)30(34)36)33-19-27(35)37-31(33)32/h2-18,32H,19H2,1H3. The number of carbonyl (C=O) groups excluding carboxylic acids is 1. The first kappa shape index (κ1) is 23.0. The summed E-state index contributed by atoms with van der Waals surface area (Å²) >= 11 is 0.938. The Bertz CT molecular complexity index is 1740. The molecule has 0 unspecified atom stereocenters. The molecular weight excluding hydrogens is 478 g/mol. The van der Waals surface area contributed by atoms with Gasteiger partial charge in [-0.2, -0.15) is 0 Å². The molecule has 0 saturated carbocycles. The molecule has 0 spiro atoms. The Hall–Kier alpha value is -4.42. The van der Waals surface area contributed by atoms with E-state index in [9.17, 15) is 9.59 Å². The van der Waals surface area contributed by atoms with Crippen LogP contribution in [0, 0.1) is 12.3 Å². The zero-order valence-electron chi connectivity index (χ0n) is 20.1. The van der Waals surface area contributed by atoms with Crippen molar-refractivity contribution in [1.29, 1.82) is 5.41 Å². The van der Waals surface area contributed by atoms with Crippen molar-refractivity contribution in [3.8, 4) is 28.1 Å². The van der Waals surface area contributed by atoms with E-state index >= 15 is 0 Å². The molecule has 0 bridgehead atoms. The van der Waals surface area contributed by atoms with Gasteiger partial charge in [0.15, 0.2) is 5.17 Å². The molecule has 0 aliphatic carbocycles. The molecule has 0 amide bonds. The fourth-order valence-corrected chi connectivity index (χ4v) is 5.63. The van der Waals surface area contributed by atoms with Gasteiger partial charge in [0.25, 0.3) is 5.56 Å². The highest BCUT2D eigenvalue weighted by molar-refractivity contribution is 8.27. The molecule has 1 fully saturated rings. The highest BCUT2D eigenvalue weighted by Gasteiger charge is 2.28. The van der Waals surface area contributed by atoms with E-state index in [0.29, 0.717) is 5.39 Å². The molecule has 0 atom stereocenters. The molecule has 1 aromatic heterocycles. The average molecular weight is 502 g/mol. The van der Waals surface area contributed by atoms with E-state index in [-0.39, 0.29) is 22.4 Å². The first-order chi connectivity index (χ1) is 18.0. The molecule has 5 nitrogen and oxygen atoms in total. The summed E-state index contributed by atoms with van der Waals surface area (Å²) in [6.07, 6.45) is 0. The Balaban J connectivity index is 1.78. The Morgan fingerprint density at radius 3 is 2.08 bits per heavy atom. The molecule has 1 aliphatic heterocycles. The highest BCUT2D eigenvalue weighted by Crippen LogP contribution is 2.40. The third-order valence-electron chi connectivity index (χ3n) is 6.59. The van der Waals surface area contributed by atoms with Crippen LogP contribution in [-0.2, 0) is 4.79 Å². The molecule has 0 radical (unpaired) electrons. The highest BCUT2D eigenvalue weighted by atomic mass is 32.2. The van der Waals surface area contributed by atoms with E-state index in [0.717, 1.165) is 56.5 Å². The maximum Gasteiger partial charge on any atom is 0.263 e. The lowest BCUT2D eigenvalue weighted by Crippen LogP contribution is -2.24. The topological polar surface area (TPSA) is 66.2 Å². The number of nitrogens with zero attached hydrogens (tertiary/aromatic N) is 2. The number of thioether (sulfide) groups is 1. The van der Waals surface area contributed by atoms with Gasteiger partial charge in [0.1, 0.15) is 0 Å². The zero-order valence-corrected chi connectivity index (χ0v) is 21.0. The van der Waals surface area contributed by atoms with Gasteiger partial charge in [-0.1, -0.05) is 72.8 Å². The number of aromatic nitrogens is 1. The first-order valence-corrected chi connectivity index (χ1v) is 12.8. The van der Waals surface area contributed by atoms with Gasteiger partial charge in [0.2, 0.25) is 5.12 Å². The molecule has 5 aromatic rings. The van der Waals surface area contributed by atoms with Crippen molar-refractivity contribution in [1.82, 2.24) is 4.57 Å². The van der Waals surface area contributed by atoms with E-state index < -0.39 is 0 Å². The van der Waals surface area contributed by atoms with Crippen molar-refractivity contribution in [3.63, 3.8) is 0 Å². The monoisotopic (exact) mass is 501 g/mol. The fraction of sp³-hybridized carbons (Fsp3) is 0.0645. The third-order valence-corrected chi connectivity index (χ3v) is 7.36. The molecule has 6 heteroatoms. The zero-order chi connectivity index (χ0) is 25.5. The predicted octanol–water partition coefficient (Wildman–Crippen LogP) is 6.65. The molecule has 37 heavy (non-hydrogen) atoms. The van der Waals surface area contributed by atoms with Crippen LogP contribution in [0.1, 0.15) is 5.56 Å². The van der Waals surface area contributed by atoms with Gasteiger partial charge in [-0.15, -0.1) is 0 Å². The summed E-state index contributed by atoms with van der Waals surface area (Å²) in [5.74, 6) is 0. The number of anilines is 1. The van der Waals surface area contributed by atoms with Gasteiger partial charge in [-0.3, -0.25) is 19.6 Å². The Morgan fingerprint density at radius 1 is 0.730 bits per heavy atom. The minimum absolute atomic E-state index is 0.0618. The average Bonchev–Trinajstić information content (AvgIpc) is 3.26. The van der Waals surface area contributed by atoms with Crippen molar-refractivity contribution in [2.45, 2.75) is 6.92 Å². The number of hydrogen-bond donors (Lipinski definition) is 1. The van der Waals surface area contributed by atoms with Crippen LogP contribution in [0.3, 0.4) is 0 Å². The summed E-state index contributed by atoms with van der Waals surface area (Å²) < 4.78 is 1.81. The molecular formula is C31H23N3O2S. The van der Waals surface area contributed by atoms with Crippen molar-refractivity contribution >= 4 is 38.5 Å². The maximum atomic E-state index is 14.2. The molecule has 2 heterocycles. The van der Waals surface area contributed by atoms with Crippen molar-refractivity contribution in [2.75, 3.05) is 11.4 Å². The Morgan fingerprint density at radius 2 is 1.43 bits per heavy atom. The largest absolute Gasteiger partial charge is 0.313 e. The van der Waals surface area contributed by atoms with Crippen LogP contribution in [0.2, 0.25) is 0 Å². The summed E-state index contributed by atoms with van der Waals surface area (Å²) in [5.41, 5.74) is 6.10. The van der Waals surface area contributed by atoms with Crippen LogP contribution in [0.4, 0.5) is 5.69 Å². The van der Waals surface area contributed by atoms with Gasteiger partial charge in [-0.25, -0.2) is 0 Å². The number of carbonyl (C=O) groups is 1. The minimum atomic E-state index is -0.118. The summed E-state index contributed by atoms with van der Waals surface area (Å²) in [7, 11) is 0. The minimum Gasteiger partial charge on any atom is -0.313 e. The normalized spacial score (nSPS) is 13.5. The number of rotatable bonds is 4. The molecule has 1 saturated heterocycles.